The minimum Gasteiger partial charge on any atom is -0.382 e. The quantitative estimate of drug-likeness (QED) is 0.743. The number of benzene rings is 1. The first kappa shape index (κ1) is 13.1. The van der Waals surface area contributed by atoms with Crippen molar-refractivity contribution in [3.63, 3.8) is 0 Å². The Morgan fingerprint density at radius 3 is 2.44 bits per heavy atom. The van der Waals surface area contributed by atoms with Crippen molar-refractivity contribution in [3.8, 4) is 0 Å². The topological polar surface area (TPSA) is 12.0 Å². The fourth-order valence-corrected chi connectivity index (χ4v) is 1.89. The van der Waals surface area contributed by atoms with Gasteiger partial charge in [-0.3, -0.25) is 0 Å². The minimum atomic E-state index is 0.544. The summed E-state index contributed by atoms with van der Waals surface area (Å²) in [5.74, 6) is 0.717. The zero-order chi connectivity index (χ0) is 12.0. The standard InChI is InChI=1S/C15H25N/c1-5-9-14-10-7-8-11-15(14)16-13(4)12(3)6-2/h7-8,10-13,16H,5-6,9H2,1-4H3. The van der Waals surface area contributed by atoms with Gasteiger partial charge in [-0.2, -0.15) is 0 Å². The van der Waals surface area contributed by atoms with E-state index >= 15 is 0 Å². The van der Waals surface area contributed by atoms with Crippen LogP contribution in [0.25, 0.3) is 0 Å². The van der Waals surface area contributed by atoms with Crippen molar-refractivity contribution < 1.29 is 0 Å². The molecule has 1 aromatic rings. The highest BCUT2D eigenvalue weighted by Gasteiger charge is 2.11. The zero-order valence-electron chi connectivity index (χ0n) is 11.1. The lowest BCUT2D eigenvalue weighted by Gasteiger charge is -2.22. The molecule has 16 heavy (non-hydrogen) atoms. The van der Waals surface area contributed by atoms with E-state index in [0.717, 1.165) is 12.3 Å². The maximum absolute atomic E-state index is 3.65. The van der Waals surface area contributed by atoms with E-state index in [4.69, 9.17) is 0 Å². The van der Waals surface area contributed by atoms with E-state index in [1.54, 1.807) is 0 Å². The van der Waals surface area contributed by atoms with Gasteiger partial charge in [0.25, 0.3) is 0 Å². The van der Waals surface area contributed by atoms with Crippen molar-refractivity contribution in [3.05, 3.63) is 29.8 Å². The SMILES string of the molecule is CCCc1ccccc1NC(C)C(C)CC. The van der Waals surface area contributed by atoms with Gasteiger partial charge >= 0.3 is 0 Å². The smallest absolute Gasteiger partial charge is 0.0374 e. The van der Waals surface area contributed by atoms with Gasteiger partial charge in [0.2, 0.25) is 0 Å². The zero-order valence-corrected chi connectivity index (χ0v) is 11.1. The molecule has 0 aliphatic carbocycles. The Bertz CT molecular complexity index is 306. The fraction of sp³-hybridized carbons (Fsp3) is 0.600. The summed E-state index contributed by atoms with van der Waals surface area (Å²) in [6.45, 7) is 9.06. The van der Waals surface area contributed by atoms with E-state index in [-0.39, 0.29) is 0 Å². The van der Waals surface area contributed by atoms with Crippen LogP contribution in [0.4, 0.5) is 5.69 Å². The normalized spacial score (nSPS) is 14.5. The van der Waals surface area contributed by atoms with Crippen LogP contribution in [-0.2, 0) is 6.42 Å². The van der Waals surface area contributed by atoms with Crippen LogP contribution in [0.1, 0.15) is 46.1 Å². The van der Waals surface area contributed by atoms with Crippen molar-refractivity contribution in [1.29, 1.82) is 0 Å². The van der Waals surface area contributed by atoms with Gasteiger partial charge in [0.15, 0.2) is 0 Å². The molecule has 0 heterocycles. The van der Waals surface area contributed by atoms with Crippen molar-refractivity contribution in [2.45, 2.75) is 53.0 Å². The Balaban J connectivity index is 2.71. The molecular formula is C15H25N. The van der Waals surface area contributed by atoms with E-state index < -0.39 is 0 Å². The molecule has 0 aromatic heterocycles. The molecule has 0 aliphatic rings. The van der Waals surface area contributed by atoms with Gasteiger partial charge in [-0.15, -0.1) is 0 Å². The van der Waals surface area contributed by atoms with Gasteiger partial charge in [0.1, 0.15) is 0 Å². The van der Waals surface area contributed by atoms with E-state index in [0.29, 0.717) is 6.04 Å². The molecule has 90 valence electrons. The molecule has 0 bridgehead atoms. The Labute approximate surface area is 100 Å². The Morgan fingerprint density at radius 2 is 1.81 bits per heavy atom. The average Bonchev–Trinajstić information content (AvgIpc) is 2.31. The van der Waals surface area contributed by atoms with Gasteiger partial charge in [-0.25, -0.2) is 0 Å². The fourth-order valence-electron chi connectivity index (χ4n) is 1.89. The maximum atomic E-state index is 3.65. The van der Waals surface area contributed by atoms with Gasteiger partial charge in [-0.05, 0) is 30.9 Å². The number of nitrogens with one attached hydrogen (secondary N) is 1. The predicted octanol–water partition coefficient (Wildman–Crippen LogP) is 4.49. The van der Waals surface area contributed by atoms with Gasteiger partial charge in [-0.1, -0.05) is 51.8 Å². The Hall–Kier alpha value is -0.980. The van der Waals surface area contributed by atoms with Crippen LogP contribution in [0.3, 0.4) is 0 Å². The minimum absolute atomic E-state index is 0.544. The number of hydrogen-bond donors (Lipinski definition) is 1. The first-order chi connectivity index (χ1) is 7.69. The molecule has 0 spiro atoms. The summed E-state index contributed by atoms with van der Waals surface area (Å²) in [4.78, 5) is 0. The number of rotatable bonds is 6. The first-order valence-electron chi connectivity index (χ1n) is 6.53. The summed E-state index contributed by atoms with van der Waals surface area (Å²) in [5, 5.41) is 3.65. The molecule has 0 saturated heterocycles. The lowest BCUT2D eigenvalue weighted by molar-refractivity contribution is 0.494. The lowest BCUT2D eigenvalue weighted by atomic mass is 9.99. The monoisotopic (exact) mass is 219 g/mol. The molecule has 2 atom stereocenters. The molecule has 1 nitrogen and oxygen atoms in total. The molecule has 2 unspecified atom stereocenters. The van der Waals surface area contributed by atoms with Crippen LogP contribution in [0.2, 0.25) is 0 Å². The average molecular weight is 219 g/mol. The maximum Gasteiger partial charge on any atom is 0.0374 e. The molecule has 1 aromatic carbocycles. The van der Waals surface area contributed by atoms with E-state index in [1.165, 1.54) is 24.1 Å². The number of hydrogen-bond acceptors (Lipinski definition) is 1. The third kappa shape index (κ3) is 3.55. The van der Waals surface area contributed by atoms with E-state index in [1.807, 2.05) is 0 Å². The summed E-state index contributed by atoms with van der Waals surface area (Å²) < 4.78 is 0. The second-order valence-corrected chi connectivity index (χ2v) is 4.73. The lowest BCUT2D eigenvalue weighted by Crippen LogP contribution is -2.23. The third-order valence-corrected chi connectivity index (χ3v) is 3.42. The van der Waals surface area contributed by atoms with E-state index in [2.05, 4.69) is 57.3 Å². The molecular weight excluding hydrogens is 194 g/mol. The second-order valence-electron chi connectivity index (χ2n) is 4.73. The van der Waals surface area contributed by atoms with Crippen LogP contribution in [0.15, 0.2) is 24.3 Å². The molecule has 0 saturated carbocycles. The second kappa shape index (κ2) is 6.57. The molecule has 1 rings (SSSR count). The summed E-state index contributed by atoms with van der Waals surface area (Å²) in [7, 11) is 0. The summed E-state index contributed by atoms with van der Waals surface area (Å²) in [6.07, 6.45) is 3.59. The van der Waals surface area contributed by atoms with Crippen molar-refractivity contribution in [2.75, 3.05) is 5.32 Å². The van der Waals surface area contributed by atoms with Gasteiger partial charge in [0.05, 0.1) is 0 Å². The third-order valence-electron chi connectivity index (χ3n) is 3.42. The first-order valence-corrected chi connectivity index (χ1v) is 6.53. The number of para-hydroxylation sites is 1. The van der Waals surface area contributed by atoms with E-state index in [9.17, 15) is 0 Å². The van der Waals surface area contributed by atoms with Crippen LogP contribution < -0.4 is 5.32 Å². The van der Waals surface area contributed by atoms with Crippen molar-refractivity contribution in [2.24, 2.45) is 5.92 Å². The Morgan fingerprint density at radius 1 is 1.12 bits per heavy atom. The highest BCUT2D eigenvalue weighted by Crippen LogP contribution is 2.20. The highest BCUT2D eigenvalue weighted by molar-refractivity contribution is 5.51. The summed E-state index contributed by atoms with van der Waals surface area (Å²) in [5.41, 5.74) is 2.76. The summed E-state index contributed by atoms with van der Waals surface area (Å²) >= 11 is 0. The largest absolute Gasteiger partial charge is 0.382 e. The molecule has 1 N–H and O–H groups in total. The van der Waals surface area contributed by atoms with Gasteiger partial charge in [0, 0.05) is 11.7 Å². The summed E-state index contributed by atoms with van der Waals surface area (Å²) in [6, 6.07) is 9.22. The van der Waals surface area contributed by atoms with Crippen LogP contribution >= 0.6 is 0 Å². The number of anilines is 1. The van der Waals surface area contributed by atoms with Crippen LogP contribution in [0.5, 0.6) is 0 Å². The molecule has 0 radical (unpaired) electrons. The molecule has 0 amide bonds. The predicted molar refractivity (Wildman–Crippen MR) is 73.0 cm³/mol. The molecule has 0 fully saturated rings. The molecule has 1 heteroatoms. The van der Waals surface area contributed by atoms with Crippen molar-refractivity contribution in [1.82, 2.24) is 0 Å². The van der Waals surface area contributed by atoms with Crippen LogP contribution in [-0.4, -0.2) is 6.04 Å². The molecule has 0 aliphatic heterocycles. The number of aryl methyl sites for hydroxylation is 1. The van der Waals surface area contributed by atoms with Crippen LogP contribution in [0, 0.1) is 5.92 Å². The van der Waals surface area contributed by atoms with Gasteiger partial charge < -0.3 is 5.32 Å². The highest BCUT2D eigenvalue weighted by atomic mass is 14.9. The Kier molecular flexibility index (Phi) is 5.37. The van der Waals surface area contributed by atoms with Crippen molar-refractivity contribution >= 4 is 5.69 Å².